The highest BCUT2D eigenvalue weighted by Gasteiger charge is 1.90. The summed E-state index contributed by atoms with van der Waals surface area (Å²) in [5.74, 6) is 0. The van der Waals surface area contributed by atoms with Crippen molar-refractivity contribution in [3.05, 3.63) is 42.5 Å². The number of hydrogen-bond donors (Lipinski definition) is 0. The normalized spacial score (nSPS) is 12.3. The molecule has 1 aromatic carbocycles. The Morgan fingerprint density at radius 3 is 2.54 bits per heavy atom. The van der Waals surface area contributed by atoms with E-state index in [4.69, 9.17) is 0 Å². The Bertz CT molecular complexity index is 301. The molecule has 0 radical (unpaired) electrons. The second kappa shape index (κ2) is 5.60. The van der Waals surface area contributed by atoms with Gasteiger partial charge in [0.25, 0.3) is 0 Å². The van der Waals surface area contributed by atoms with Gasteiger partial charge < -0.3 is 0 Å². The van der Waals surface area contributed by atoms with Gasteiger partial charge in [-0.2, -0.15) is 0 Å². The zero-order valence-corrected chi connectivity index (χ0v) is 8.71. The minimum Gasteiger partial charge on any atom is -0.242 e. The number of thioether (sulfide) groups is 1. The van der Waals surface area contributed by atoms with Gasteiger partial charge in [-0.3, -0.25) is 0 Å². The summed E-state index contributed by atoms with van der Waals surface area (Å²) in [4.78, 5) is 4.46. The van der Waals surface area contributed by atoms with Gasteiger partial charge in [0, 0.05) is 0 Å². The molecular weight excluding hydrogens is 178 g/mol. The predicted molar refractivity (Wildman–Crippen MR) is 61.9 cm³/mol. The van der Waals surface area contributed by atoms with Gasteiger partial charge in [-0.15, -0.1) is 11.8 Å². The number of rotatable bonds is 2. The molecule has 2 heteroatoms. The fourth-order valence-corrected chi connectivity index (χ4v) is 1.39. The van der Waals surface area contributed by atoms with Crippen molar-refractivity contribution in [1.29, 1.82) is 0 Å². The summed E-state index contributed by atoms with van der Waals surface area (Å²) >= 11 is 1.65. The van der Waals surface area contributed by atoms with E-state index in [-0.39, 0.29) is 0 Å². The zero-order chi connectivity index (χ0) is 9.52. The van der Waals surface area contributed by atoms with Crippen molar-refractivity contribution >= 4 is 22.5 Å². The fourth-order valence-electron chi connectivity index (χ4n) is 0.923. The number of hydrogen-bond acceptors (Lipinski definition) is 2. The molecule has 0 spiro atoms. The summed E-state index contributed by atoms with van der Waals surface area (Å²) in [6, 6.07) is 9.98. The van der Waals surface area contributed by atoms with Crippen LogP contribution in [0.2, 0.25) is 0 Å². The lowest BCUT2D eigenvalue weighted by atomic mass is 10.3. The van der Waals surface area contributed by atoms with Gasteiger partial charge in [-0.1, -0.05) is 24.3 Å². The first kappa shape index (κ1) is 10.1. The largest absolute Gasteiger partial charge is 0.242 e. The average molecular weight is 191 g/mol. The van der Waals surface area contributed by atoms with Crippen LogP contribution < -0.4 is 0 Å². The van der Waals surface area contributed by atoms with E-state index in [0.717, 1.165) is 10.7 Å². The highest BCUT2D eigenvalue weighted by molar-refractivity contribution is 8.13. The summed E-state index contributed by atoms with van der Waals surface area (Å²) in [5, 5.41) is 1.04. The molecule has 0 aromatic heterocycles. The molecule has 0 fully saturated rings. The lowest BCUT2D eigenvalue weighted by Crippen LogP contribution is -1.82. The highest BCUT2D eigenvalue weighted by atomic mass is 32.2. The van der Waals surface area contributed by atoms with Gasteiger partial charge in [-0.05, 0) is 31.4 Å². The lowest BCUT2D eigenvalue weighted by molar-refractivity contribution is 1.53. The van der Waals surface area contributed by atoms with Crippen LogP contribution in [0.3, 0.4) is 0 Å². The molecular formula is C11H13NS. The number of aliphatic imine (C=N–C) groups is 1. The Morgan fingerprint density at radius 1 is 1.31 bits per heavy atom. The van der Waals surface area contributed by atoms with Crippen LogP contribution in [0.4, 0.5) is 5.69 Å². The van der Waals surface area contributed by atoms with E-state index in [2.05, 4.69) is 4.99 Å². The smallest absolute Gasteiger partial charge is 0.0961 e. The Morgan fingerprint density at radius 2 is 2.00 bits per heavy atom. The number of benzene rings is 1. The fraction of sp³-hybridized carbons (Fsp3) is 0.182. The van der Waals surface area contributed by atoms with Crippen LogP contribution in [0.1, 0.15) is 6.92 Å². The minimum absolute atomic E-state index is 1.00. The molecule has 0 aliphatic heterocycles. The summed E-state index contributed by atoms with van der Waals surface area (Å²) in [5.41, 5.74) is 1.00. The molecule has 0 saturated heterocycles. The van der Waals surface area contributed by atoms with Crippen molar-refractivity contribution in [1.82, 2.24) is 0 Å². The van der Waals surface area contributed by atoms with Crippen LogP contribution in [0.25, 0.3) is 0 Å². The quantitative estimate of drug-likeness (QED) is 0.513. The van der Waals surface area contributed by atoms with Crippen molar-refractivity contribution in [2.24, 2.45) is 4.99 Å². The van der Waals surface area contributed by atoms with Crippen LogP contribution in [0.15, 0.2) is 47.5 Å². The van der Waals surface area contributed by atoms with E-state index in [1.807, 2.05) is 55.7 Å². The standard InChI is InChI=1S/C11H13NS/c1-3-7-11(13-2)12-10-8-5-4-6-9-10/h3-9H,1-2H3. The van der Waals surface area contributed by atoms with E-state index in [1.165, 1.54) is 0 Å². The van der Waals surface area contributed by atoms with E-state index in [9.17, 15) is 0 Å². The van der Waals surface area contributed by atoms with Crippen molar-refractivity contribution in [3.63, 3.8) is 0 Å². The first-order valence-electron chi connectivity index (χ1n) is 4.17. The Kier molecular flexibility index (Phi) is 4.33. The van der Waals surface area contributed by atoms with Crippen LogP contribution in [0, 0.1) is 0 Å². The first-order chi connectivity index (χ1) is 6.36. The number of nitrogens with zero attached hydrogens (tertiary/aromatic N) is 1. The maximum atomic E-state index is 4.46. The molecule has 0 unspecified atom stereocenters. The number of para-hydroxylation sites is 1. The van der Waals surface area contributed by atoms with Gasteiger partial charge in [0.05, 0.1) is 10.7 Å². The van der Waals surface area contributed by atoms with Gasteiger partial charge in [-0.25, -0.2) is 4.99 Å². The van der Waals surface area contributed by atoms with Gasteiger partial charge in [0.2, 0.25) is 0 Å². The molecule has 0 N–H and O–H groups in total. The van der Waals surface area contributed by atoms with Gasteiger partial charge in [0.15, 0.2) is 0 Å². The maximum Gasteiger partial charge on any atom is 0.0961 e. The molecule has 68 valence electrons. The lowest BCUT2D eigenvalue weighted by Gasteiger charge is -1.96. The van der Waals surface area contributed by atoms with E-state index < -0.39 is 0 Å². The van der Waals surface area contributed by atoms with Crippen LogP contribution in [-0.2, 0) is 0 Å². The van der Waals surface area contributed by atoms with Crippen LogP contribution in [0.5, 0.6) is 0 Å². The summed E-state index contributed by atoms with van der Waals surface area (Å²) in [6.45, 7) is 2.00. The molecule has 0 heterocycles. The number of allylic oxidation sites excluding steroid dienone is 1. The third-order valence-corrected chi connectivity index (χ3v) is 2.16. The van der Waals surface area contributed by atoms with E-state index >= 15 is 0 Å². The van der Waals surface area contributed by atoms with E-state index in [0.29, 0.717) is 0 Å². The maximum absolute atomic E-state index is 4.46. The molecule has 1 aromatic rings. The Hall–Kier alpha value is -1.02. The highest BCUT2D eigenvalue weighted by Crippen LogP contribution is 2.13. The Labute approximate surface area is 83.6 Å². The van der Waals surface area contributed by atoms with E-state index in [1.54, 1.807) is 11.8 Å². The SMILES string of the molecule is CC=CC(=Nc1ccccc1)SC. The molecule has 13 heavy (non-hydrogen) atoms. The van der Waals surface area contributed by atoms with Gasteiger partial charge >= 0.3 is 0 Å². The first-order valence-corrected chi connectivity index (χ1v) is 5.39. The summed E-state index contributed by atoms with van der Waals surface area (Å²) < 4.78 is 0. The molecule has 0 aliphatic carbocycles. The molecule has 0 amide bonds. The molecule has 1 rings (SSSR count). The van der Waals surface area contributed by atoms with Gasteiger partial charge in [0.1, 0.15) is 0 Å². The predicted octanol–water partition coefficient (Wildman–Crippen LogP) is 3.66. The van der Waals surface area contributed by atoms with Crippen molar-refractivity contribution in [2.75, 3.05) is 6.26 Å². The van der Waals surface area contributed by atoms with Crippen LogP contribution >= 0.6 is 11.8 Å². The van der Waals surface area contributed by atoms with Crippen molar-refractivity contribution in [2.45, 2.75) is 6.92 Å². The zero-order valence-electron chi connectivity index (χ0n) is 7.90. The van der Waals surface area contributed by atoms with Crippen LogP contribution in [-0.4, -0.2) is 11.3 Å². The Balaban J connectivity index is 2.85. The molecule has 0 saturated carbocycles. The van der Waals surface area contributed by atoms with Crippen molar-refractivity contribution in [3.8, 4) is 0 Å². The average Bonchev–Trinajstić information content (AvgIpc) is 2.19. The second-order valence-corrected chi connectivity index (χ2v) is 3.32. The molecule has 0 bridgehead atoms. The third kappa shape index (κ3) is 3.47. The third-order valence-electron chi connectivity index (χ3n) is 1.51. The second-order valence-electron chi connectivity index (χ2n) is 2.49. The molecule has 1 nitrogen and oxygen atoms in total. The summed E-state index contributed by atoms with van der Waals surface area (Å²) in [6.07, 6.45) is 6.04. The molecule has 0 aliphatic rings. The topological polar surface area (TPSA) is 12.4 Å². The molecule has 0 atom stereocenters. The monoisotopic (exact) mass is 191 g/mol. The summed E-state index contributed by atoms with van der Waals surface area (Å²) in [7, 11) is 0. The van der Waals surface area contributed by atoms with Crippen molar-refractivity contribution < 1.29 is 0 Å². The minimum atomic E-state index is 1.00.